The van der Waals surface area contributed by atoms with Crippen LogP contribution >= 0.6 is 11.8 Å². The first-order chi connectivity index (χ1) is 7.18. The number of carboxylic acids is 1. The quantitative estimate of drug-likeness (QED) is 0.625. The van der Waals surface area contributed by atoms with E-state index in [1.165, 1.54) is 0 Å². The summed E-state index contributed by atoms with van der Waals surface area (Å²) in [6.07, 6.45) is 0. The fourth-order valence-corrected chi connectivity index (χ4v) is 2.34. The summed E-state index contributed by atoms with van der Waals surface area (Å²) in [4.78, 5) is 21.7. The van der Waals surface area contributed by atoms with Crippen LogP contribution in [0.15, 0.2) is 24.3 Å². The molecule has 1 fully saturated rings. The van der Waals surface area contributed by atoms with Gasteiger partial charge in [0.25, 0.3) is 5.78 Å². The average molecular weight is 222 g/mol. The fraction of sp³-hybridized carbons (Fsp3) is 0.273. The van der Waals surface area contributed by atoms with E-state index in [-0.39, 0.29) is 5.56 Å². The maximum atomic E-state index is 11.2. The molecule has 1 aromatic carbocycles. The monoisotopic (exact) mass is 222 g/mol. The van der Waals surface area contributed by atoms with Crippen molar-refractivity contribution < 1.29 is 14.7 Å². The van der Waals surface area contributed by atoms with Gasteiger partial charge in [-0.15, -0.1) is 0 Å². The second-order valence-electron chi connectivity index (χ2n) is 3.49. The summed E-state index contributed by atoms with van der Waals surface area (Å²) in [5.41, 5.74) is 1.35. The number of hydrogen-bond donors (Lipinski definition) is 1. The van der Waals surface area contributed by atoms with Crippen molar-refractivity contribution in [3.05, 3.63) is 35.4 Å². The van der Waals surface area contributed by atoms with Crippen molar-refractivity contribution in [2.45, 2.75) is 5.92 Å². The molecular weight excluding hydrogens is 212 g/mol. The number of benzene rings is 1. The van der Waals surface area contributed by atoms with E-state index in [1.807, 2.05) is 17.8 Å². The zero-order valence-corrected chi connectivity index (χ0v) is 8.79. The van der Waals surface area contributed by atoms with Crippen LogP contribution < -0.4 is 0 Å². The van der Waals surface area contributed by atoms with E-state index < -0.39 is 11.8 Å². The lowest BCUT2D eigenvalue weighted by molar-refractivity contribution is -0.131. The van der Waals surface area contributed by atoms with Crippen molar-refractivity contribution in [1.29, 1.82) is 0 Å². The van der Waals surface area contributed by atoms with E-state index in [9.17, 15) is 9.59 Å². The Balaban J connectivity index is 2.25. The maximum Gasteiger partial charge on any atom is 0.377 e. The third-order valence-corrected chi connectivity index (χ3v) is 3.73. The summed E-state index contributed by atoms with van der Waals surface area (Å²) >= 11 is 1.86. The van der Waals surface area contributed by atoms with Crippen LogP contribution in [0.2, 0.25) is 0 Å². The largest absolute Gasteiger partial charge is 0.475 e. The van der Waals surface area contributed by atoms with Gasteiger partial charge >= 0.3 is 5.97 Å². The molecule has 0 amide bonds. The molecule has 1 aromatic rings. The molecular formula is C11H10O3S. The van der Waals surface area contributed by atoms with Gasteiger partial charge < -0.3 is 5.11 Å². The molecule has 78 valence electrons. The molecule has 15 heavy (non-hydrogen) atoms. The maximum absolute atomic E-state index is 11.2. The molecule has 2 rings (SSSR count). The second kappa shape index (κ2) is 4.06. The van der Waals surface area contributed by atoms with Crippen LogP contribution in [0.3, 0.4) is 0 Å². The Morgan fingerprint density at radius 2 is 2.07 bits per heavy atom. The van der Waals surface area contributed by atoms with E-state index in [0.29, 0.717) is 5.92 Å². The molecule has 0 bridgehead atoms. The van der Waals surface area contributed by atoms with Crippen LogP contribution in [0.4, 0.5) is 0 Å². The molecule has 0 spiro atoms. The number of carbonyl (C=O) groups is 2. The predicted octanol–water partition coefficient (Wildman–Crippen LogP) is 1.78. The van der Waals surface area contributed by atoms with Gasteiger partial charge in [0.2, 0.25) is 0 Å². The van der Waals surface area contributed by atoms with Gasteiger partial charge in [-0.3, -0.25) is 4.79 Å². The minimum absolute atomic E-state index is 0.275. The van der Waals surface area contributed by atoms with Crippen molar-refractivity contribution in [1.82, 2.24) is 0 Å². The van der Waals surface area contributed by atoms with E-state index in [1.54, 1.807) is 18.2 Å². The normalized spacial score (nSPS) is 15.7. The highest BCUT2D eigenvalue weighted by atomic mass is 32.2. The molecule has 1 aliphatic rings. The first-order valence-corrected chi connectivity index (χ1v) is 5.79. The summed E-state index contributed by atoms with van der Waals surface area (Å²) in [5.74, 6) is 0.380. The number of carbonyl (C=O) groups excluding carboxylic acids is 1. The molecule has 1 saturated heterocycles. The zero-order valence-electron chi connectivity index (χ0n) is 7.97. The standard InChI is InChI=1S/C11H10O3S/c12-10(11(13)14)8-3-1-2-7(4-8)9-5-15-6-9/h1-4,9H,5-6H2,(H,13,14). The number of rotatable bonds is 3. The number of hydrogen-bond acceptors (Lipinski definition) is 3. The van der Waals surface area contributed by atoms with Gasteiger partial charge in [0.15, 0.2) is 0 Å². The van der Waals surface area contributed by atoms with E-state index in [0.717, 1.165) is 17.1 Å². The Hall–Kier alpha value is -1.29. The van der Waals surface area contributed by atoms with Gasteiger partial charge in [-0.25, -0.2) is 4.79 Å². The van der Waals surface area contributed by atoms with Gasteiger partial charge in [0.05, 0.1) is 0 Å². The lowest BCUT2D eigenvalue weighted by atomic mass is 9.98. The SMILES string of the molecule is O=C(O)C(=O)c1cccc(C2CSC2)c1. The first kappa shape index (κ1) is 10.2. The molecule has 0 saturated carbocycles. The molecule has 0 radical (unpaired) electrons. The summed E-state index contributed by atoms with van der Waals surface area (Å²) in [7, 11) is 0. The van der Waals surface area contributed by atoms with Crippen LogP contribution in [0.5, 0.6) is 0 Å². The Bertz CT molecular complexity index is 410. The molecule has 0 unspecified atom stereocenters. The average Bonchev–Trinajstić information content (AvgIpc) is 2.14. The van der Waals surface area contributed by atoms with Crippen molar-refractivity contribution >= 4 is 23.5 Å². The third-order valence-electron chi connectivity index (χ3n) is 2.45. The molecule has 0 atom stereocenters. The van der Waals surface area contributed by atoms with Crippen molar-refractivity contribution in [3.8, 4) is 0 Å². The minimum atomic E-state index is -1.39. The van der Waals surface area contributed by atoms with Crippen molar-refractivity contribution in [2.75, 3.05) is 11.5 Å². The van der Waals surface area contributed by atoms with Gasteiger partial charge in [-0.2, -0.15) is 11.8 Å². The molecule has 1 N–H and O–H groups in total. The lowest BCUT2D eigenvalue weighted by Crippen LogP contribution is -2.17. The summed E-state index contributed by atoms with van der Waals surface area (Å²) < 4.78 is 0. The van der Waals surface area contributed by atoms with E-state index in [2.05, 4.69) is 0 Å². The predicted molar refractivity (Wildman–Crippen MR) is 58.5 cm³/mol. The molecule has 1 aliphatic heterocycles. The number of aliphatic carboxylic acids is 1. The van der Waals surface area contributed by atoms with Crippen LogP contribution in [-0.4, -0.2) is 28.4 Å². The second-order valence-corrected chi connectivity index (χ2v) is 4.57. The Morgan fingerprint density at radius 1 is 1.33 bits per heavy atom. The van der Waals surface area contributed by atoms with E-state index in [4.69, 9.17) is 5.11 Å². The van der Waals surface area contributed by atoms with Crippen LogP contribution in [0.25, 0.3) is 0 Å². The van der Waals surface area contributed by atoms with Gasteiger partial charge in [0.1, 0.15) is 0 Å². The highest BCUT2D eigenvalue weighted by molar-refractivity contribution is 8.00. The van der Waals surface area contributed by atoms with Gasteiger partial charge in [-0.05, 0) is 11.6 Å². The van der Waals surface area contributed by atoms with Crippen LogP contribution in [0, 0.1) is 0 Å². The number of ketones is 1. The summed E-state index contributed by atoms with van der Waals surface area (Å²) in [6, 6.07) is 6.93. The molecule has 1 heterocycles. The number of thioether (sulfide) groups is 1. The molecule has 0 aromatic heterocycles. The lowest BCUT2D eigenvalue weighted by Gasteiger charge is -2.25. The van der Waals surface area contributed by atoms with Gasteiger partial charge in [0, 0.05) is 23.0 Å². The van der Waals surface area contributed by atoms with Gasteiger partial charge in [-0.1, -0.05) is 18.2 Å². The Labute approximate surface area is 91.5 Å². The smallest absolute Gasteiger partial charge is 0.377 e. The highest BCUT2D eigenvalue weighted by Crippen LogP contribution is 2.34. The highest BCUT2D eigenvalue weighted by Gasteiger charge is 2.22. The van der Waals surface area contributed by atoms with E-state index >= 15 is 0 Å². The summed E-state index contributed by atoms with van der Waals surface area (Å²) in [6.45, 7) is 0. The van der Waals surface area contributed by atoms with Crippen molar-refractivity contribution in [2.24, 2.45) is 0 Å². The summed E-state index contributed by atoms with van der Waals surface area (Å²) in [5, 5.41) is 8.58. The zero-order chi connectivity index (χ0) is 10.8. The number of Topliss-reactive ketones (excluding diaryl/α,β-unsaturated/α-hetero) is 1. The number of carboxylic acid groups (broad SMARTS) is 1. The Morgan fingerprint density at radius 3 is 2.60 bits per heavy atom. The van der Waals surface area contributed by atoms with Crippen LogP contribution in [-0.2, 0) is 4.79 Å². The molecule has 3 nitrogen and oxygen atoms in total. The van der Waals surface area contributed by atoms with Crippen LogP contribution in [0.1, 0.15) is 21.8 Å². The van der Waals surface area contributed by atoms with Crippen molar-refractivity contribution in [3.63, 3.8) is 0 Å². The minimum Gasteiger partial charge on any atom is -0.475 e. The third kappa shape index (κ3) is 2.04. The molecule has 0 aliphatic carbocycles. The first-order valence-electron chi connectivity index (χ1n) is 4.64. The molecule has 4 heteroatoms. The fourth-order valence-electron chi connectivity index (χ4n) is 1.49. The Kier molecular flexibility index (Phi) is 2.77. The topological polar surface area (TPSA) is 54.4 Å².